The molecule has 1 aliphatic heterocycles. The van der Waals surface area contributed by atoms with Crippen molar-refractivity contribution in [3.05, 3.63) is 58.4 Å². The van der Waals surface area contributed by atoms with E-state index in [0.29, 0.717) is 19.0 Å². The van der Waals surface area contributed by atoms with Gasteiger partial charge in [-0.25, -0.2) is 4.98 Å². The summed E-state index contributed by atoms with van der Waals surface area (Å²) in [5, 5.41) is 19.0. The number of rotatable bonds is 5. The van der Waals surface area contributed by atoms with Gasteiger partial charge >= 0.3 is 0 Å². The fourth-order valence-corrected chi connectivity index (χ4v) is 3.73. The molecule has 0 saturated carbocycles. The average Bonchev–Trinajstić information content (AvgIpc) is 3.10. The van der Waals surface area contributed by atoms with Crippen molar-refractivity contribution in [2.24, 2.45) is 5.92 Å². The van der Waals surface area contributed by atoms with Gasteiger partial charge in [-0.1, -0.05) is 6.07 Å². The maximum absolute atomic E-state index is 12.7. The molecule has 0 spiro atoms. The average molecular weight is 394 g/mol. The molecule has 150 valence electrons. The van der Waals surface area contributed by atoms with Crippen molar-refractivity contribution in [2.75, 3.05) is 18.4 Å². The molecule has 1 unspecified atom stereocenters. The lowest BCUT2D eigenvalue weighted by atomic mass is 9.97. The van der Waals surface area contributed by atoms with E-state index >= 15 is 0 Å². The number of nitrogens with one attached hydrogen (secondary N) is 1. The maximum atomic E-state index is 12.7. The van der Waals surface area contributed by atoms with E-state index in [2.05, 4.69) is 20.3 Å². The molecule has 3 heterocycles. The molecule has 1 aromatic carbocycles. The van der Waals surface area contributed by atoms with Gasteiger partial charge < -0.3 is 5.32 Å². The number of fused-ring (bicyclic) bond motifs is 1. The van der Waals surface area contributed by atoms with Gasteiger partial charge in [-0.2, -0.15) is 5.10 Å². The minimum absolute atomic E-state index is 0.0197. The molecule has 1 aliphatic rings. The molecular formula is C20H22N6O3. The van der Waals surface area contributed by atoms with Crippen molar-refractivity contribution >= 4 is 28.3 Å². The zero-order valence-electron chi connectivity index (χ0n) is 16.1. The largest absolute Gasteiger partial charge is 0.310 e. The Balaban J connectivity index is 1.43. The van der Waals surface area contributed by atoms with E-state index in [1.54, 1.807) is 18.3 Å². The van der Waals surface area contributed by atoms with E-state index in [9.17, 15) is 14.9 Å². The van der Waals surface area contributed by atoms with Crippen LogP contribution in [0.4, 0.5) is 11.5 Å². The molecule has 1 amide bonds. The molecule has 1 fully saturated rings. The number of nitrogens with zero attached hydrogens (tertiary/aromatic N) is 5. The SMILES string of the molecule is Cc1cccc(NC(=O)C2CCCN(Cn3ncc4cc([N+](=O)[O-])ccc43)C2)n1. The highest BCUT2D eigenvalue weighted by Crippen LogP contribution is 2.23. The van der Waals surface area contributed by atoms with Gasteiger partial charge in [-0.05, 0) is 44.5 Å². The number of hydrogen-bond acceptors (Lipinski definition) is 6. The number of non-ortho nitro benzene ring substituents is 1. The van der Waals surface area contributed by atoms with Gasteiger partial charge in [0.05, 0.1) is 29.2 Å². The Labute approximate surface area is 167 Å². The second-order valence-electron chi connectivity index (χ2n) is 7.36. The highest BCUT2D eigenvalue weighted by Gasteiger charge is 2.26. The highest BCUT2D eigenvalue weighted by atomic mass is 16.6. The standard InChI is InChI=1S/C20H22N6O3/c1-14-4-2-6-19(22-14)23-20(27)15-5-3-9-24(12-15)13-25-18-8-7-17(26(28)29)10-16(18)11-21-25/h2,4,6-8,10-11,15H,3,5,9,12-13H2,1H3,(H,22,23,27). The van der Waals surface area contributed by atoms with Gasteiger partial charge in [0.15, 0.2) is 0 Å². The number of nitro groups is 1. The molecule has 3 aromatic rings. The molecule has 29 heavy (non-hydrogen) atoms. The molecular weight excluding hydrogens is 372 g/mol. The van der Waals surface area contributed by atoms with Crippen LogP contribution in [0, 0.1) is 23.0 Å². The van der Waals surface area contributed by atoms with E-state index < -0.39 is 4.92 Å². The van der Waals surface area contributed by atoms with E-state index in [4.69, 9.17) is 0 Å². The third-order valence-electron chi connectivity index (χ3n) is 5.19. The lowest BCUT2D eigenvalue weighted by molar-refractivity contribution is -0.384. The number of nitro benzene ring substituents is 1. The smallest absolute Gasteiger partial charge is 0.270 e. The van der Waals surface area contributed by atoms with Crippen LogP contribution in [0.15, 0.2) is 42.6 Å². The summed E-state index contributed by atoms with van der Waals surface area (Å²) in [7, 11) is 0. The van der Waals surface area contributed by atoms with E-state index in [0.717, 1.165) is 36.0 Å². The van der Waals surface area contributed by atoms with Crippen molar-refractivity contribution < 1.29 is 9.72 Å². The topological polar surface area (TPSA) is 106 Å². The van der Waals surface area contributed by atoms with Crippen LogP contribution >= 0.6 is 0 Å². The molecule has 1 N–H and O–H groups in total. The highest BCUT2D eigenvalue weighted by molar-refractivity contribution is 5.91. The fourth-order valence-electron chi connectivity index (χ4n) is 3.73. The van der Waals surface area contributed by atoms with Gasteiger partial charge in [0.25, 0.3) is 5.69 Å². The summed E-state index contributed by atoms with van der Waals surface area (Å²) < 4.78 is 1.82. The fraction of sp³-hybridized carbons (Fsp3) is 0.350. The number of carbonyl (C=O) groups is 1. The maximum Gasteiger partial charge on any atom is 0.270 e. The molecule has 2 aromatic heterocycles. The number of carbonyl (C=O) groups excluding carboxylic acids is 1. The van der Waals surface area contributed by atoms with Crippen molar-refractivity contribution in [1.29, 1.82) is 0 Å². The number of aryl methyl sites for hydroxylation is 1. The Morgan fingerprint density at radius 2 is 2.21 bits per heavy atom. The normalized spacial score (nSPS) is 17.3. The van der Waals surface area contributed by atoms with Gasteiger partial charge in [0, 0.05) is 29.8 Å². The minimum atomic E-state index is -0.409. The van der Waals surface area contributed by atoms with Gasteiger partial charge in [0.1, 0.15) is 5.82 Å². The molecule has 0 aliphatic carbocycles. The van der Waals surface area contributed by atoms with E-state index in [1.807, 2.05) is 23.7 Å². The Morgan fingerprint density at radius 1 is 1.34 bits per heavy atom. The lowest BCUT2D eigenvalue weighted by Gasteiger charge is -2.31. The zero-order valence-corrected chi connectivity index (χ0v) is 16.1. The molecule has 1 saturated heterocycles. The van der Waals surface area contributed by atoms with E-state index in [-0.39, 0.29) is 17.5 Å². The summed E-state index contributed by atoms with van der Waals surface area (Å²) in [5.41, 5.74) is 1.75. The number of benzene rings is 1. The van der Waals surface area contributed by atoms with Crippen LogP contribution in [0.25, 0.3) is 10.9 Å². The number of piperidine rings is 1. The number of aromatic nitrogens is 3. The number of amides is 1. The lowest BCUT2D eigenvalue weighted by Crippen LogP contribution is -2.41. The van der Waals surface area contributed by atoms with Crippen molar-refractivity contribution in [1.82, 2.24) is 19.7 Å². The predicted octanol–water partition coefficient (Wildman–Crippen LogP) is 2.96. The molecule has 9 nitrogen and oxygen atoms in total. The number of anilines is 1. The van der Waals surface area contributed by atoms with Gasteiger partial charge in [-0.3, -0.25) is 24.5 Å². The second-order valence-corrected chi connectivity index (χ2v) is 7.36. The summed E-state index contributed by atoms with van der Waals surface area (Å²) in [5.74, 6) is 0.439. The summed E-state index contributed by atoms with van der Waals surface area (Å²) >= 11 is 0. The third kappa shape index (κ3) is 4.24. The van der Waals surface area contributed by atoms with Gasteiger partial charge in [-0.15, -0.1) is 0 Å². The first-order chi connectivity index (χ1) is 14.0. The summed E-state index contributed by atoms with van der Waals surface area (Å²) in [6.45, 7) is 3.93. The van der Waals surface area contributed by atoms with Crippen molar-refractivity contribution in [3.63, 3.8) is 0 Å². The number of pyridine rings is 1. The molecule has 4 rings (SSSR count). The van der Waals surface area contributed by atoms with Crippen LogP contribution in [0.5, 0.6) is 0 Å². The second kappa shape index (κ2) is 7.96. The Hall–Kier alpha value is -3.33. The Morgan fingerprint density at radius 3 is 3.00 bits per heavy atom. The van der Waals surface area contributed by atoms with Crippen LogP contribution in [0.3, 0.4) is 0 Å². The van der Waals surface area contributed by atoms with Crippen LogP contribution in [-0.4, -0.2) is 43.6 Å². The summed E-state index contributed by atoms with van der Waals surface area (Å²) in [4.78, 5) is 29.7. The predicted molar refractivity (Wildman–Crippen MR) is 108 cm³/mol. The zero-order chi connectivity index (χ0) is 20.4. The Kier molecular flexibility index (Phi) is 5.22. The first-order valence-electron chi connectivity index (χ1n) is 9.56. The molecule has 0 radical (unpaired) electrons. The van der Waals surface area contributed by atoms with Crippen LogP contribution in [-0.2, 0) is 11.5 Å². The summed E-state index contributed by atoms with van der Waals surface area (Å²) in [6.07, 6.45) is 3.39. The van der Waals surface area contributed by atoms with Crippen molar-refractivity contribution in [3.8, 4) is 0 Å². The number of likely N-dealkylation sites (tertiary alicyclic amines) is 1. The minimum Gasteiger partial charge on any atom is -0.310 e. The quantitative estimate of drug-likeness (QED) is 0.527. The van der Waals surface area contributed by atoms with Gasteiger partial charge in [0.2, 0.25) is 5.91 Å². The molecule has 1 atom stereocenters. The number of hydrogen-bond donors (Lipinski definition) is 1. The molecule has 9 heteroatoms. The summed E-state index contributed by atoms with van der Waals surface area (Å²) in [6, 6.07) is 10.3. The van der Waals surface area contributed by atoms with E-state index in [1.165, 1.54) is 12.1 Å². The van der Waals surface area contributed by atoms with Crippen molar-refractivity contribution in [2.45, 2.75) is 26.4 Å². The van der Waals surface area contributed by atoms with Crippen LogP contribution < -0.4 is 5.32 Å². The van der Waals surface area contributed by atoms with Crippen LogP contribution in [0.1, 0.15) is 18.5 Å². The first kappa shape index (κ1) is 19.0. The molecule has 0 bridgehead atoms. The Bertz CT molecular complexity index is 1060. The monoisotopic (exact) mass is 394 g/mol. The van der Waals surface area contributed by atoms with Crippen LogP contribution in [0.2, 0.25) is 0 Å². The third-order valence-corrected chi connectivity index (χ3v) is 5.19. The first-order valence-corrected chi connectivity index (χ1v) is 9.56.